The smallest absolute Gasteiger partial charge is 0.335 e. The molecule has 0 bridgehead atoms. The topological polar surface area (TPSA) is 45.6 Å². The van der Waals surface area contributed by atoms with Gasteiger partial charge in [-0.3, -0.25) is 9.59 Å². The molecule has 1 fully saturated rings. The Morgan fingerprint density at radius 2 is 2.04 bits per heavy atom. The van der Waals surface area contributed by atoms with Crippen LogP contribution in [0.1, 0.15) is 22.3 Å². The van der Waals surface area contributed by atoms with Crippen LogP contribution in [0.2, 0.25) is 0 Å². The number of halogens is 3. The van der Waals surface area contributed by atoms with Crippen molar-refractivity contribution < 1.29 is 22.8 Å². The average Bonchev–Trinajstić information content (AvgIpc) is 3.09. The van der Waals surface area contributed by atoms with Gasteiger partial charge in [0.1, 0.15) is 12.2 Å². The van der Waals surface area contributed by atoms with Crippen LogP contribution >= 0.6 is 11.3 Å². The van der Waals surface area contributed by atoms with E-state index < -0.39 is 18.6 Å². The summed E-state index contributed by atoms with van der Waals surface area (Å²) in [5, 5.41) is 0. The number of aromatic nitrogens is 1. The van der Waals surface area contributed by atoms with Crippen molar-refractivity contribution in [3.8, 4) is 0 Å². The largest absolute Gasteiger partial charge is 0.406 e. The highest BCUT2D eigenvalue weighted by atomic mass is 32.1. The molecule has 0 saturated carbocycles. The molecule has 9 heteroatoms. The molecule has 146 valence electrons. The van der Waals surface area contributed by atoms with Gasteiger partial charge in [-0.15, -0.1) is 11.3 Å². The van der Waals surface area contributed by atoms with E-state index in [2.05, 4.69) is 6.58 Å². The van der Waals surface area contributed by atoms with Gasteiger partial charge in [-0.2, -0.15) is 13.2 Å². The van der Waals surface area contributed by atoms with Crippen LogP contribution in [0.4, 0.5) is 13.2 Å². The summed E-state index contributed by atoms with van der Waals surface area (Å²) in [6, 6.07) is 2.91. The van der Waals surface area contributed by atoms with Crippen molar-refractivity contribution in [1.82, 2.24) is 14.4 Å². The van der Waals surface area contributed by atoms with Crippen LogP contribution < -0.4 is 0 Å². The molecule has 0 N–H and O–H groups in total. The Morgan fingerprint density at radius 1 is 1.33 bits per heavy atom. The summed E-state index contributed by atoms with van der Waals surface area (Å²) >= 11 is 1.36. The van der Waals surface area contributed by atoms with Crippen molar-refractivity contribution in [3.63, 3.8) is 0 Å². The number of amides is 2. The van der Waals surface area contributed by atoms with Crippen LogP contribution in [-0.2, 0) is 11.3 Å². The third-order valence-corrected chi connectivity index (χ3v) is 5.63. The molecule has 27 heavy (non-hydrogen) atoms. The molecule has 2 aromatic rings. The number of hydrogen-bond acceptors (Lipinski definition) is 3. The summed E-state index contributed by atoms with van der Waals surface area (Å²) in [5.74, 6) is -0.663. The van der Waals surface area contributed by atoms with Gasteiger partial charge in [-0.05, 0) is 32.1 Å². The molecule has 3 rings (SSSR count). The summed E-state index contributed by atoms with van der Waals surface area (Å²) < 4.78 is 41.0. The maximum absolute atomic E-state index is 13.1. The van der Waals surface area contributed by atoms with Gasteiger partial charge in [0, 0.05) is 30.6 Å². The highest BCUT2D eigenvalue weighted by Gasteiger charge is 2.35. The molecule has 5 nitrogen and oxygen atoms in total. The van der Waals surface area contributed by atoms with Crippen molar-refractivity contribution >= 4 is 33.4 Å². The summed E-state index contributed by atoms with van der Waals surface area (Å²) in [4.78, 5) is 28.8. The summed E-state index contributed by atoms with van der Waals surface area (Å²) in [7, 11) is 0. The number of thiophene rings is 1. The minimum absolute atomic E-state index is 0.0314. The molecular formula is C18H20F3N3O2S. The first-order chi connectivity index (χ1) is 12.6. The Morgan fingerprint density at radius 3 is 2.63 bits per heavy atom. The lowest BCUT2D eigenvalue weighted by atomic mass is 10.1. The Hall–Kier alpha value is -2.29. The van der Waals surface area contributed by atoms with Crippen molar-refractivity contribution in [2.75, 3.05) is 19.6 Å². The molecule has 1 aliphatic rings. The second-order valence-electron chi connectivity index (χ2n) is 6.67. The maximum Gasteiger partial charge on any atom is 0.406 e. The van der Waals surface area contributed by atoms with Crippen molar-refractivity contribution in [2.24, 2.45) is 0 Å². The van der Waals surface area contributed by atoms with Gasteiger partial charge in [-0.1, -0.05) is 6.58 Å². The van der Waals surface area contributed by atoms with Gasteiger partial charge in [0.25, 0.3) is 5.91 Å². The fourth-order valence-corrected chi connectivity index (χ4v) is 4.39. The van der Waals surface area contributed by atoms with Gasteiger partial charge in [-0.25, -0.2) is 0 Å². The normalized spacial score (nSPS) is 18.2. The van der Waals surface area contributed by atoms with Gasteiger partial charge < -0.3 is 14.4 Å². The maximum atomic E-state index is 13.1. The number of alkyl halides is 3. The van der Waals surface area contributed by atoms with E-state index in [0.29, 0.717) is 23.3 Å². The van der Waals surface area contributed by atoms with Gasteiger partial charge >= 0.3 is 6.18 Å². The van der Waals surface area contributed by atoms with Gasteiger partial charge in [0.05, 0.1) is 10.2 Å². The first-order valence-electron chi connectivity index (χ1n) is 8.49. The van der Waals surface area contributed by atoms with E-state index >= 15 is 0 Å². The molecule has 0 unspecified atom stereocenters. The number of rotatable bonds is 3. The SMILES string of the molecule is C=CC(=O)N1CCN(C(=O)c2cc3sc(C)cc3n2CC(F)(F)F)[C@@H](C)C1. The van der Waals surface area contributed by atoms with E-state index in [0.717, 1.165) is 9.44 Å². The van der Waals surface area contributed by atoms with E-state index in [1.54, 1.807) is 17.9 Å². The number of carbonyl (C=O) groups excluding carboxylic acids is 2. The van der Waals surface area contributed by atoms with Crippen LogP contribution in [0.25, 0.3) is 10.2 Å². The number of piperazine rings is 1. The van der Waals surface area contributed by atoms with Gasteiger partial charge in [0.2, 0.25) is 5.91 Å². The summed E-state index contributed by atoms with van der Waals surface area (Å²) in [6.45, 7) is 6.76. The molecule has 2 amide bonds. The lowest BCUT2D eigenvalue weighted by Gasteiger charge is -2.39. The van der Waals surface area contributed by atoms with Crippen LogP contribution in [0.5, 0.6) is 0 Å². The second-order valence-corrected chi connectivity index (χ2v) is 7.96. The fourth-order valence-electron chi connectivity index (χ4n) is 3.43. The number of aryl methyl sites for hydroxylation is 1. The van der Waals surface area contributed by atoms with E-state index in [-0.39, 0.29) is 24.2 Å². The number of carbonyl (C=O) groups is 2. The summed E-state index contributed by atoms with van der Waals surface area (Å²) in [5.41, 5.74) is 0.454. The average molecular weight is 399 g/mol. The number of hydrogen-bond donors (Lipinski definition) is 0. The molecule has 3 heterocycles. The molecule has 0 aliphatic carbocycles. The van der Waals surface area contributed by atoms with Crippen LogP contribution in [0.15, 0.2) is 24.8 Å². The lowest BCUT2D eigenvalue weighted by Crippen LogP contribution is -2.55. The zero-order valence-electron chi connectivity index (χ0n) is 15.0. The predicted molar refractivity (Wildman–Crippen MR) is 97.9 cm³/mol. The van der Waals surface area contributed by atoms with Gasteiger partial charge in [0.15, 0.2) is 0 Å². The molecule has 0 radical (unpaired) electrons. The third kappa shape index (κ3) is 3.87. The molecule has 1 atom stereocenters. The number of fused-ring (bicyclic) bond motifs is 1. The zero-order valence-corrected chi connectivity index (χ0v) is 15.9. The Bertz CT molecular complexity index is 900. The molecule has 1 aliphatic heterocycles. The molecular weight excluding hydrogens is 379 g/mol. The predicted octanol–water partition coefficient (Wildman–Crippen LogP) is 3.43. The Balaban J connectivity index is 1.91. The monoisotopic (exact) mass is 399 g/mol. The standard InChI is InChI=1S/C18H20F3N3O2S/c1-4-16(25)22-5-6-23(11(2)9-22)17(26)14-8-15-13(7-12(3)27-15)24(14)10-18(19,20)21/h4,7-8,11H,1,5-6,9-10H2,2-3H3/t11-/m0/s1. The summed E-state index contributed by atoms with van der Waals surface area (Å²) in [6.07, 6.45) is -3.22. The van der Waals surface area contributed by atoms with Crippen molar-refractivity contribution in [1.29, 1.82) is 0 Å². The quantitative estimate of drug-likeness (QED) is 0.743. The van der Waals surface area contributed by atoms with Crippen LogP contribution in [0, 0.1) is 6.92 Å². The van der Waals surface area contributed by atoms with E-state index in [9.17, 15) is 22.8 Å². The second kappa shape index (κ2) is 7.03. The molecule has 1 saturated heterocycles. The van der Waals surface area contributed by atoms with Crippen LogP contribution in [0.3, 0.4) is 0 Å². The fraction of sp³-hybridized carbons (Fsp3) is 0.444. The first kappa shape index (κ1) is 19.5. The van der Waals surface area contributed by atoms with E-state index in [1.807, 2.05) is 6.92 Å². The molecule has 2 aromatic heterocycles. The molecule has 0 aromatic carbocycles. The minimum atomic E-state index is -4.43. The van der Waals surface area contributed by atoms with Crippen molar-refractivity contribution in [3.05, 3.63) is 35.4 Å². The van der Waals surface area contributed by atoms with Crippen molar-refractivity contribution in [2.45, 2.75) is 32.6 Å². The van der Waals surface area contributed by atoms with Crippen LogP contribution in [-0.4, -0.2) is 58.0 Å². The van der Waals surface area contributed by atoms with E-state index in [1.165, 1.54) is 28.4 Å². The van der Waals surface area contributed by atoms with E-state index in [4.69, 9.17) is 0 Å². The zero-order chi connectivity index (χ0) is 19.9. The highest BCUT2D eigenvalue weighted by Crippen LogP contribution is 2.32. The number of nitrogens with zero attached hydrogens (tertiary/aromatic N) is 3. The molecule has 0 spiro atoms. The first-order valence-corrected chi connectivity index (χ1v) is 9.31. The third-order valence-electron chi connectivity index (χ3n) is 4.64. The Labute approximate surface area is 158 Å². The lowest BCUT2D eigenvalue weighted by molar-refractivity contribution is -0.140. The highest BCUT2D eigenvalue weighted by molar-refractivity contribution is 7.19. The minimum Gasteiger partial charge on any atom is -0.335 e. The Kier molecular flexibility index (Phi) is 5.07.